The van der Waals surface area contributed by atoms with Crippen LogP contribution in [0.3, 0.4) is 0 Å². The Morgan fingerprint density at radius 1 is 1.50 bits per heavy atom. The molecule has 1 atom stereocenters. The molecule has 120 valence electrons. The Morgan fingerprint density at radius 3 is 2.86 bits per heavy atom. The standard InChI is InChI=1S/C12H14FN3O5S/c1-22(19,20)21-6-7-4-10(14-5-8(7)13)15-9-2-3-11(17)16-12(9)18/h4-5,9H,2-3,6H2,1H3,(H,14,15)(H,16,17,18). The van der Waals surface area contributed by atoms with Crippen LogP contribution in [0.15, 0.2) is 12.3 Å². The molecule has 2 amide bonds. The predicted octanol–water partition coefficient (Wildman–Crippen LogP) is -0.0860. The van der Waals surface area contributed by atoms with Crippen molar-refractivity contribution in [3.63, 3.8) is 0 Å². The minimum absolute atomic E-state index is 0.0183. The first-order valence-electron chi connectivity index (χ1n) is 6.33. The summed E-state index contributed by atoms with van der Waals surface area (Å²) < 4.78 is 40.0. The SMILES string of the molecule is CS(=O)(=O)OCc1cc(NC2CCC(=O)NC2=O)ncc1F. The summed E-state index contributed by atoms with van der Waals surface area (Å²) >= 11 is 0. The van der Waals surface area contributed by atoms with Gasteiger partial charge in [-0.15, -0.1) is 0 Å². The summed E-state index contributed by atoms with van der Waals surface area (Å²) in [6.45, 7) is -0.475. The summed E-state index contributed by atoms with van der Waals surface area (Å²) in [5.41, 5.74) is -0.0183. The van der Waals surface area contributed by atoms with Gasteiger partial charge in [0.25, 0.3) is 10.1 Å². The van der Waals surface area contributed by atoms with Gasteiger partial charge in [-0.1, -0.05) is 0 Å². The first-order valence-corrected chi connectivity index (χ1v) is 8.15. The molecule has 1 unspecified atom stereocenters. The van der Waals surface area contributed by atoms with Gasteiger partial charge in [-0.3, -0.25) is 19.1 Å². The zero-order valence-corrected chi connectivity index (χ0v) is 12.4. The van der Waals surface area contributed by atoms with Crippen molar-refractivity contribution >= 4 is 27.8 Å². The lowest BCUT2D eigenvalue weighted by molar-refractivity contribution is -0.133. The van der Waals surface area contributed by atoms with E-state index < -0.39 is 34.5 Å². The van der Waals surface area contributed by atoms with Crippen molar-refractivity contribution < 1.29 is 26.6 Å². The van der Waals surface area contributed by atoms with Gasteiger partial charge in [0.15, 0.2) is 0 Å². The Balaban J connectivity index is 2.09. The minimum atomic E-state index is -3.70. The minimum Gasteiger partial charge on any atom is -0.358 e. The van der Waals surface area contributed by atoms with Crippen LogP contribution in [0.4, 0.5) is 10.2 Å². The highest BCUT2D eigenvalue weighted by Gasteiger charge is 2.26. The van der Waals surface area contributed by atoms with Gasteiger partial charge in [-0.2, -0.15) is 8.42 Å². The van der Waals surface area contributed by atoms with Crippen LogP contribution in [0.2, 0.25) is 0 Å². The summed E-state index contributed by atoms with van der Waals surface area (Å²) in [5.74, 6) is -1.38. The number of anilines is 1. The second kappa shape index (κ2) is 6.36. The molecule has 0 aliphatic carbocycles. The molecule has 1 aliphatic heterocycles. The maximum Gasteiger partial charge on any atom is 0.264 e. The van der Waals surface area contributed by atoms with E-state index in [4.69, 9.17) is 0 Å². The van der Waals surface area contributed by atoms with Gasteiger partial charge in [0.05, 0.1) is 19.1 Å². The number of carbonyl (C=O) groups is 2. The summed E-state index contributed by atoms with van der Waals surface area (Å²) in [5, 5.41) is 4.94. The average Bonchev–Trinajstić information content (AvgIpc) is 2.41. The number of nitrogens with one attached hydrogen (secondary N) is 2. The molecule has 1 aromatic heterocycles. The lowest BCUT2D eigenvalue weighted by atomic mass is 10.1. The van der Waals surface area contributed by atoms with Crippen molar-refractivity contribution in [3.8, 4) is 0 Å². The molecule has 0 aromatic carbocycles. The highest BCUT2D eigenvalue weighted by atomic mass is 32.2. The fraction of sp³-hybridized carbons (Fsp3) is 0.417. The molecule has 1 saturated heterocycles. The lowest BCUT2D eigenvalue weighted by Crippen LogP contribution is -2.47. The Labute approximate surface area is 126 Å². The van der Waals surface area contributed by atoms with Crippen LogP contribution in [0, 0.1) is 5.82 Å². The van der Waals surface area contributed by atoms with Crippen LogP contribution in [0.5, 0.6) is 0 Å². The number of hydrogen-bond donors (Lipinski definition) is 2. The van der Waals surface area contributed by atoms with Crippen LogP contribution in [0.1, 0.15) is 18.4 Å². The number of aromatic nitrogens is 1. The molecule has 0 bridgehead atoms. The van der Waals surface area contributed by atoms with Gasteiger partial charge >= 0.3 is 0 Å². The van der Waals surface area contributed by atoms with Crippen LogP contribution < -0.4 is 10.6 Å². The van der Waals surface area contributed by atoms with Gasteiger partial charge in [-0.05, 0) is 12.5 Å². The molecule has 22 heavy (non-hydrogen) atoms. The van der Waals surface area contributed by atoms with Gasteiger partial charge < -0.3 is 5.32 Å². The zero-order chi connectivity index (χ0) is 16.3. The van der Waals surface area contributed by atoms with E-state index in [0.717, 1.165) is 12.5 Å². The third-order valence-electron chi connectivity index (χ3n) is 2.92. The second-order valence-electron chi connectivity index (χ2n) is 4.78. The van der Waals surface area contributed by atoms with Crippen LogP contribution in [0.25, 0.3) is 0 Å². The molecule has 0 radical (unpaired) electrons. The molecule has 2 heterocycles. The Hall–Kier alpha value is -2.07. The number of carbonyl (C=O) groups excluding carboxylic acids is 2. The van der Waals surface area contributed by atoms with Crippen molar-refractivity contribution in [1.29, 1.82) is 0 Å². The van der Waals surface area contributed by atoms with E-state index in [2.05, 4.69) is 19.8 Å². The number of amides is 2. The van der Waals surface area contributed by atoms with Gasteiger partial charge in [0.2, 0.25) is 11.8 Å². The highest BCUT2D eigenvalue weighted by Crippen LogP contribution is 2.16. The summed E-state index contributed by atoms with van der Waals surface area (Å²) in [4.78, 5) is 26.4. The number of hydrogen-bond acceptors (Lipinski definition) is 7. The van der Waals surface area contributed by atoms with E-state index in [1.165, 1.54) is 6.07 Å². The largest absolute Gasteiger partial charge is 0.358 e. The third-order valence-corrected chi connectivity index (χ3v) is 3.47. The molecule has 1 aliphatic rings. The number of halogens is 1. The smallest absolute Gasteiger partial charge is 0.264 e. The number of nitrogens with zero attached hydrogens (tertiary/aromatic N) is 1. The molecule has 0 saturated carbocycles. The van der Waals surface area contributed by atoms with E-state index in [1.54, 1.807) is 0 Å². The topological polar surface area (TPSA) is 114 Å². The molecule has 2 rings (SSSR count). The molecule has 0 spiro atoms. The fourth-order valence-corrected chi connectivity index (χ4v) is 2.19. The fourth-order valence-electron chi connectivity index (χ4n) is 1.85. The van der Waals surface area contributed by atoms with E-state index in [1.807, 2.05) is 0 Å². The van der Waals surface area contributed by atoms with E-state index >= 15 is 0 Å². The third kappa shape index (κ3) is 4.46. The number of piperidine rings is 1. The van der Waals surface area contributed by atoms with Gasteiger partial charge in [-0.25, -0.2) is 9.37 Å². The summed E-state index contributed by atoms with van der Waals surface area (Å²) in [7, 11) is -3.70. The first-order chi connectivity index (χ1) is 10.2. The molecule has 1 aromatic rings. The van der Waals surface area contributed by atoms with E-state index in [9.17, 15) is 22.4 Å². The highest BCUT2D eigenvalue weighted by molar-refractivity contribution is 7.85. The van der Waals surface area contributed by atoms with Crippen molar-refractivity contribution in [2.45, 2.75) is 25.5 Å². The molecule has 10 heteroatoms. The van der Waals surface area contributed by atoms with Crippen molar-refractivity contribution in [1.82, 2.24) is 10.3 Å². The van der Waals surface area contributed by atoms with Gasteiger partial charge in [0, 0.05) is 12.0 Å². The van der Waals surface area contributed by atoms with E-state index in [0.29, 0.717) is 6.42 Å². The predicted molar refractivity (Wildman–Crippen MR) is 73.6 cm³/mol. The monoisotopic (exact) mass is 331 g/mol. The lowest BCUT2D eigenvalue weighted by Gasteiger charge is -2.22. The summed E-state index contributed by atoms with van der Waals surface area (Å²) in [6.07, 6.45) is 2.23. The van der Waals surface area contributed by atoms with Crippen LogP contribution in [-0.2, 0) is 30.5 Å². The van der Waals surface area contributed by atoms with Crippen LogP contribution in [-0.4, -0.2) is 37.5 Å². The molecule has 8 nitrogen and oxygen atoms in total. The molecular weight excluding hydrogens is 317 g/mol. The first kappa shape index (κ1) is 16.3. The maximum absolute atomic E-state index is 13.6. The number of pyridine rings is 1. The quantitative estimate of drug-likeness (QED) is 0.572. The zero-order valence-electron chi connectivity index (χ0n) is 11.6. The molecule has 2 N–H and O–H groups in total. The summed E-state index contributed by atoms with van der Waals surface area (Å²) in [6, 6.07) is 0.587. The van der Waals surface area contributed by atoms with Crippen molar-refractivity contribution in [2.24, 2.45) is 0 Å². The molecular formula is C12H14FN3O5S. The molecule has 1 fully saturated rings. The average molecular weight is 331 g/mol. The van der Waals surface area contributed by atoms with Crippen molar-refractivity contribution in [2.75, 3.05) is 11.6 Å². The number of imide groups is 1. The normalized spacial score (nSPS) is 18.9. The van der Waals surface area contributed by atoms with Crippen molar-refractivity contribution in [3.05, 3.63) is 23.6 Å². The Kier molecular flexibility index (Phi) is 4.71. The maximum atomic E-state index is 13.6. The Morgan fingerprint density at radius 2 is 2.23 bits per heavy atom. The van der Waals surface area contributed by atoms with Crippen LogP contribution >= 0.6 is 0 Å². The van der Waals surface area contributed by atoms with Gasteiger partial charge in [0.1, 0.15) is 17.7 Å². The Bertz CT molecular complexity index is 707. The second-order valence-corrected chi connectivity index (χ2v) is 6.42. The number of rotatable bonds is 5. The van der Waals surface area contributed by atoms with E-state index in [-0.39, 0.29) is 23.7 Å².